The van der Waals surface area contributed by atoms with Crippen LogP contribution in [0.5, 0.6) is 0 Å². The molecule has 42 heavy (non-hydrogen) atoms. The van der Waals surface area contributed by atoms with Crippen molar-refractivity contribution in [3.8, 4) is 11.3 Å². The molecular weight excluding hydrogens is 603 g/mol. The van der Waals surface area contributed by atoms with Gasteiger partial charge in [0.1, 0.15) is 5.82 Å². The quantitative estimate of drug-likeness (QED) is 0.132. The van der Waals surface area contributed by atoms with Crippen molar-refractivity contribution >= 4 is 56.1 Å². The number of aromatic nitrogens is 1. The summed E-state index contributed by atoms with van der Waals surface area (Å²) in [5, 5.41) is 0.553. The van der Waals surface area contributed by atoms with Crippen LogP contribution < -0.4 is 4.90 Å². The number of esters is 1. The van der Waals surface area contributed by atoms with Gasteiger partial charge in [0.2, 0.25) is 11.8 Å². The van der Waals surface area contributed by atoms with Gasteiger partial charge in [-0.15, -0.1) is 0 Å². The number of amides is 2. The van der Waals surface area contributed by atoms with Gasteiger partial charge in [-0.25, -0.2) is 14.2 Å². The molecule has 3 aromatic carbocycles. The Morgan fingerprint density at radius 2 is 1.60 bits per heavy atom. The first-order valence-corrected chi connectivity index (χ1v) is 14.6. The van der Waals surface area contributed by atoms with Crippen molar-refractivity contribution in [2.75, 3.05) is 11.5 Å². The van der Waals surface area contributed by atoms with Crippen LogP contribution in [0.25, 0.3) is 22.2 Å². The third-order valence-electron chi connectivity index (χ3n) is 8.05. The van der Waals surface area contributed by atoms with E-state index in [4.69, 9.17) is 9.72 Å². The highest BCUT2D eigenvalue weighted by Crippen LogP contribution is 2.40. The van der Waals surface area contributed by atoms with Crippen LogP contribution in [-0.2, 0) is 14.3 Å². The summed E-state index contributed by atoms with van der Waals surface area (Å²) in [6, 6.07) is 17.3. The second kappa shape index (κ2) is 11.2. The molecule has 1 saturated carbocycles. The van der Waals surface area contributed by atoms with E-state index in [0.717, 1.165) is 35.7 Å². The molecule has 1 saturated heterocycles. The Morgan fingerprint density at radius 1 is 0.952 bits per heavy atom. The van der Waals surface area contributed by atoms with Gasteiger partial charge in [0.05, 0.1) is 34.3 Å². The molecule has 1 aliphatic heterocycles. The molecule has 2 amide bonds. The van der Waals surface area contributed by atoms with Crippen LogP contribution in [0.3, 0.4) is 0 Å². The van der Waals surface area contributed by atoms with E-state index in [0.29, 0.717) is 27.8 Å². The van der Waals surface area contributed by atoms with Gasteiger partial charge in [-0.3, -0.25) is 19.3 Å². The van der Waals surface area contributed by atoms with E-state index in [2.05, 4.69) is 15.9 Å². The molecule has 0 bridgehead atoms. The van der Waals surface area contributed by atoms with Crippen LogP contribution in [0, 0.1) is 24.6 Å². The maximum atomic E-state index is 13.3. The van der Waals surface area contributed by atoms with E-state index < -0.39 is 24.2 Å². The van der Waals surface area contributed by atoms with Gasteiger partial charge in [-0.1, -0.05) is 40.9 Å². The molecule has 2 fully saturated rings. The van der Waals surface area contributed by atoms with Gasteiger partial charge >= 0.3 is 5.97 Å². The summed E-state index contributed by atoms with van der Waals surface area (Å²) in [6.45, 7) is 1.37. The Morgan fingerprint density at radius 3 is 2.24 bits per heavy atom. The Bertz CT molecular complexity index is 1730. The summed E-state index contributed by atoms with van der Waals surface area (Å²) in [4.78, 5) is 58.1. The lowest BCUT2D eigenvalue weighted by atomic mass is 9.81. The highest BCUT2D eigenvalue weighted by molar-refractivity contribution is 9.10. The third-order valence-corrected chi connectivity index (χ3v) is 8.51. The maximum Gasteiger partial charge on any atom is 0.339 e. The molecule has 6 rings (SSSR count). The monoisotopic (exact) mass is 628 g/mol. The number of nitrogens with zero attached hydrogens (tertiary/aromatic N) is 2. The first kappa shape index (κ1) is 27.9. The molecule has 2 atom stereocenters. The topological polar surface area (TPSA) is 93.6 Å². The minimum absolute atomic E-state index is 0.136. The number of imide groups is 1. The standard InChI is InChI=1S/C33H26BrFN2O5/c1-18-14-21(34)15-26-27(33(41)42-17-29(38)20-6-10-22(35)11-7-20)16-28(36-30(18)26)19-8-12-23(13-9-19)37-31(39)24-4-2-3-5-25(24)32(37)40/h6-16,24-25H,2-5,17H2,1H3. The van der Waals surface area contributed by atoms with Gasteiger partial charge in [0, 0.05) is 21.0 Å². The Hall–Kier alpha value is -4.24. The number of halogens is 2. The molecule has 9 heteroatoms. The zero-order valence-corrected chi connectivity index (χ0v) is 24.3. The largest absolute Gasteiger partial charge is 0.454 e. The van der Waals surface area contributed by atoms with Crippen LogP contribution in [-0.4, -0.2) is 35.2 Å². The highest BCUT2D eigenvalue weighted by Gasteiger charge is 2.48. The summed E-state index contributed by atoms with van der Waals surface area (Å²) in [5.74, 6) is -2.38. The first-order valence-electron chi connectivity index (χ1n) is 13.8. The minimum Gasteiger partial charge on any atom is -0.454 e. The predicted molar refractivity (Wildman–Crippen MR) is 159 cm³/mol. The lowest BCUT2D eigenvalue weighted by molar-refractivity contribution is -0.122. The number of fused-ring (bicyclic) bond motifs is 2. The third kappa shape index (κ3) is 5.13. The SMILES string of the molecule is Cc1cc(Br)cc2c(C(=O)OCC(=O)c3ccc(F)cc3)cc(-c3ccc(N4C(=O)C5CCCCC5C4=O)cc3)nc12. The fraction of sp³-hybridized carbons (Fsp3) is 0.242. The number of rotatable bonds is 6. The second-order valence-electron chi connectivity index (χ2n) is 10.7. The zero-order valence-electron chi connectivity index (χ0n) is 22.7. The number of hydrogen-bond donors (Lipinski definition) is 0. The summed E-state index contributed by atoms with van der Waals surface area (Å²) < 4.78 is 19.4. The van der Waals surface area contributed by atoms with E-state index >= 15 is 0 Å². The van der Waals surface area contributed by atoms with E-state index in [-0.39, 0.29) is 34.8 Å². The number of aryl methyl sites for hydroxylation is 1. The number of anilines is 1. The summed E-state index contributed by atoms with van der Waals surface area (Å²) in [7, 11) is 0. The number of ketones is 1. The van der Waals surface area contributed by atoms with E-state index in [1.807, 2.05) is 13.0 Å². The van der Waals surface area contributed by atoms with E-state index in [9.17, 15) is 23.6 Å². The molecule has 212 valence electrons. The lowest BCUT2D eigenvalue weighted by Gasteiger charge is -2.19. The Labute approximate surface area is 249 Å². The van der Waals surface area contributed by atoms with Crippen LogP contribution in [0.2, 0.25) is 0 Å². The summed E-state index contributed by atoms with van der Waals surface area (Å²) in [6.07, 6.45) is 3.41. The average molecular weight is 629 g/mol. The van der Waals surface area contributed by atoms with Gasteiger partial charge in [0.25, 0.3) is 0 Å². The number of carbonyl (C=O) groups is 4. The molecule has 0 radical (unpaired) electrons. The molecule has 1 aliphatic carbocycles. The van der Waals surface area contributed by atoms with Gasteiger partial charge in [0.15, 0.2) is 12.4 Å². The van der Waals surface area contributed by atoms with E-state index in [1.165, 1.54) is 29.2 Å². The van der Waals surface area contributed by atoms with Crippen LogP contribution in [0.15, 0.2) is 71.2 Å². The number of ether oxygens (including phenoxy) is 1. The zero-order chi connectivity index (χ0) is 29.5. The van der Waals surface area contributed by atoms with Gasteiger partial charge in [-0.2, -0.15) is 0 Å². The molecule has 7 nitrogen and oxygen atoms in total. The van der Waals surface area contributed by atoms with Crippen molar-refractivity contribution in [3.63, 3.8) is 0 Å². The molecule has 2 aliphatic rings. The van der Waals surface area contributed by atoms with Crippen LogP contribution >= 0.6 is 15.9 Å². The fourth-order valence-corrected chi connectivity index (χ4v) is 6.47. The molecular formula is C33H26BrFN2O5. The van der Waals surface area contributed by atoms with Crippen molar-refractivity contribution in [1.82, 2.24) is 4.98 Å². The van der Waals surface area contributed by atoms with Crippen molar-refractivity contribution in [3.05, 3.63) is 93.7 Å². The van der Waals surface area contributed by atoms with Crippen molar-refractivity contribution < 1.29 is 28.3 Å². The lowest BCUT2D eigenvalue weighted by Crippen LogP contribution is -2.30. The van der Waals surface area contributed by atoms with Gasteiger partial charge < -0.3 is 4.74 Å². The Kier molecular flexibility index (Phi) is 7.45. The molecule has 0 N–H and O–H groups in total. The molecule has 2 unspecified atom stereocenters. The number of carbonyl (C=O) groups excluding carboxylic acids is 4. The van der Waals surface area contributed by atoms with Crippen molar-refractivity contribution in [2.24, 2.45) is 11.8 Å². The van der Waals surface area contributed by atoms with Gasteiger partial charge in [-0.05, 0) is 79.9 Å². The number of hydrogen-bond acceptors (Lipinski definition) is 6. The predicted octanol–water partition coefficient (Wildman–Crippen LogP) is 6.83. The first-order chi connectivity index (χ1) is 20.2. The number of benzene rings is 3. The number of pyridine rings is 1. The van der Waals surface area contributed by atoms with Crippen LogP contribution in [0.4, 0.5) is 10.1 Å². The van der Waals surface area contributed by atoms with E-state index in [1.54, 1.807) is 36.4 Å². The Balaban J connectivity index is 1.31. The normalized spacial score (nSPS) is 18.3. The second-order valence-corrected chi connectivity index (χ2v) is 11.7. The molecule has 1 aromatic heterocycles. The minimum atomic E-state index is -0.705. The smallest absolute Gasteiger partial charge is 0.339 e. The fourth-order valence-electron chi connectivity index (χ4n) is 5.90. The molecule has 2 heterocycles. The molecule has 0 spiro atoms. The number of Topliss-reactive ketones (excluding diaryl/α,β-unsaturated/α-hetero) is 1. The molecule has 4 aromatic rings. The van der Waals surface area contributed by atoms with Crippen molar-refractivity contribution in [2.45, 2.75) is 32.6 Å². The highest BCUT2D eigenvalue weighted by atomic mass is 79.9. The average Bonchev–Trinajstić information content (AvgIpc) is 3.25. The van der Waals surface area contributed by atoms with Crippen LogP contribution in [0.1, 0.15) is 52.0 Å². The summed E-state index contributed by atoms with van der Waals surface area (Å²) >= 11 is 3.48. The maximum absolute atomic E-state index is 13.3. The summed E-state index contributed by atoms with van der Waals surface area (Å²) in [5.41, 5.74) is 3.56. The van der Waals surface area contributed by atoms with Crippen molar-refractivity contribution in [1.29, 1.82) is 0 Å².